The van der Waals surface area contributed by atoms with Gasteiger partial charge in [0.05, 0.1) is 0 Å². The van der Waals surface area contributed by atoms with Crippen molar-refractivity contribution in [3.05, 3.63) is 35.6 Å². The summed E-state index contributed by atoms with van der Waals surface area (Å²) in [5.41, 5.74) is 1.13. The number of ether oxygens (including phenoxy) is 1. The molecule has 0 aliphatic carbocycles. The molecule has 1 atom stereocenters. The van der Waals surface area contributed by atoms with E-state index in [0.29, 0.717) is 0 Å². The molecule has 3 heteroatoms. The largest absolute Gasteiger partial charge is 0.381 e. The summed E-state index contributed by atoms with van der Waals surface area (Å²) in [6.45, 7) is 6.77. The summed E-state index contributed by atoms with van der Waals surface area (Å²) in [5.74, 6) is -0.185. The quantitative estimate of drug-likeness (QED) is 0.678. The average molecular weight is 253 g/mol. The molecule has 1 aromatic rings. The topological polar surface area (TPSA) is 21.3 Å². The fourth-order valence-corrected chi connectivity index (χ4v) is 1.85. The predicted molar refractivity (Wildman–Crippen MR) is 73.2 cm³/mol. The number of hydrogen-bond acceptors (Lipinski definition) is 2. The van der Waals surface area contributed by atoms with E-state index in [1.807, 2.05) is 12.1 Å². The molecular weight excluding hydrogens is 229 g/mol. The highest BCUT2D eigenvalue weighted by molar-refractivity contribution is 5.19. The molecule has 1 aromatic carbocycles. The average Bonchev–Trinajstić information content (AvgIpc) is 2.39. The van der Waals surface area contributed by atoms with Gasteiger partial charge in [-0.3, -0.25) is 0 Å². The van der Waals surface area contributed by atoms with Crippen molar-refractivity contribution in [1.82, 2.24) is 5.32 Å². The first-order valence-electron chi connectivity index (χ1n) is 6.84. The number of hydrogen-bond donors (Lipinski definition) is 1. The van der Waals surface area contributed by atoms with Crippen LogP contribution in [0.15, 0.2) is 24.3 Å². The van der Waals surface area contributed by atoms with Crippen LogP contribution < -0.4 is 5.32 Å². The number of benzene rings is 1. The van der Waals surface area contributed by atoms with Gasteiger partial charge < -0.3 is 10.1 Å². The normalized spacial score (nSPS) is 12.6. The van der Waals surface area contributed by atoms with E-state index in [0.717, 1.165) is 44.6 Å². The zero-order valence-corrected chi connectivity index (χ0v) is 11.4. The molecule has 0 spiro atoms. The van der Waals surface area contributed by atoms with Gasteiger partial charge in [-0.2, -0.15) is 0 Å². The summed E-state index contributed by atoms with van der Waals surface area (Å²) in [7, 11) is 0. The molecule has 0 heterocycles. The zero-order chi connectivity index (χ0) is 13.2. The van der Waals surface area contributed by atoms with Crippen molar-refractivity contribution in [3.63, 3.8) is 0 Å². The first-order chi connectivity index (χ1) is 8.77. The number of rotatable bonds is 9. The number of nitrogens with one attached hydrogen (secondary N) is 1. The maximum Gasteiger partial charge on any atom is 0.123 e. The van der Waals surface area contributed by atoms with Gasteiger partial charge in [0, 0.05) is 19.3 Å². The van der Waals surface area contributed by atoms with Gasteiger partial charge >= 0.3 is 0 Å². The van der Waals surface area contributed by atoms with Crippen molar-refractivity contribution in [3.8, 4) is 0 Å². The second-order valence-electron chi connectivity index (χ2n) is 4.46. The SMILES string of the molecule is CCCNC(CCOCCC)c1ccc(F)cc1. The van der Waals surface area contributed by atoms with E-state index in [9.17, 15) is 4.39 Å². The Morgan fingerprint density at radius 1 is 1.11 bits per heavy atom. The lowest BCUT2D eigenvalue weighted by atomic mass is 10.0. The van der Waals surface area contributed by atoms with Crippen molar-refractivity contribution < 1.29 is 9.13 Å². The van der Waals surface area contributed by atoms with Gasteiger partial charge in [0.15, 0.2) is 0 Å². The van der Waals surface area contributed by atoms with Crippen LogP contribution in [0.2, 0.25) is 0 Å². The second kappa shape index (κ2) is 9.06. The van der Waals surface area contributed by atoms with Crippen molar-refractivity contribution in [2.24, 2.45) is 0 Å². The van der Waals surface area contributed by atoms with Gasteiger partial charge in [-0.05, 0) is 43.5 Å². The predicted octanol–water partition coefficient (Wildman–Crippen LogP) is 3.68. The van der Waals surface area contributed by atoms with Crippen LogP contribution in [0.4, 0.5) is 4.39 Å². The maximum atomic E-state index is 12.9. The van der Waals surface area contributed by atoms with Crippen LogP contribution in [0.25, 0.3) is 0 Å². The molecule has 0 saturated carbocycles. The van der Waals surface area contributed by atoms with Crippen molar-refractivity contribution in [1.29, 1.82) is 0 Å². The molecule has 0 fully saturated rings. The molecule has 102 valence electrons. The molecule has 0 aliphatic heterocycles. The van der Waals surface area contributed by atoms with Crippen LogP contribution in [-0.4, -0.2) is 19.8 Å². The highest BCUT2D eigenvalue weighted by atomic mass is 19.1. The summed E-state index contributed by atoms with van der Waals surface area (Å²) >= 11 is 0. The Balaban J connectivity index is 2.51. The summed E-state index contributed by atoms with van der Waals surface area (Å²) in [6.07, 6.45) is 3.06. The third-order valence-electron chi connectivity index (χ3n) is 2.81. The molecule has 0 aliphatic rings. The van der Waals surface area contributed by atoms with Crippen molar-refractivity contribution in [2.45, 2.75) is 39.2 Å². The van der Waals surface area contributed by atoms with Gasteiger partial charge in [-0.15, -0.1) is 0 Å². The van der Waals surface area contributed by atoms with Gasteiger partial charge in [-0.25, -0.2) is 4.39 Å². The number of halogens is 1. The Labute approximate surface area is 110 Å². The first-order valence-corrected chi connectivity index (χ1v) is 6.84. The molecule has 0 aromatic heterocycles. The standard InChI is InChI=1S/C15H24FNO/c1-3-10-17-15(9-12-18-11-4-2)13-5-7-14(16)8-6-13/h5-8,15,17H,3-4,9-12H2,1-2H3. The molecule has 1 rings (SSSR count). The zero-order valence-electron chi connectivity index (χ0n) is 11.4. The highest BCUT2D eigenvalue weighted by Gasteiger charge is 2.10. The van der Waals surface area contributed by atoms with Crippen LogP contribution >= 0.6 is 0 Å². The smallest absolute Gasteiger partial charge is 0.123 e. The lowest BCUT2D eigenvalue weighted by Gasteiger charge is -2.19. The van der Waals surface area contributed by atoms with Crippen LogP contribution in [-0.2, 0) is 4.74 Å². The minimum atomic E-state index is -0.185. The third kappa shape index (κ3) is 5.61. The second-order valence-corrected chi connectivity index (χ2v) is 4.46. The van der Waals surface area contributed by atoms with Gasteiger partial charge in [-0.1, -0.05) is 26.0 Å². The van der Waals surface area contributed by atoms with E-state index in [4.69, 9.17) is 4.74 Å². The summed E-state index contributed by atoms with van der Waals surface area (Å²) in [5, 5.41) is 3.48. The molecule has 1 N–H and O–H groups in total. The monoisotopic (exact) mass is 253 g/mol. The van der Waals surface area contributed by atoms with Crippen molar-refractivity contribution in [2.75, 3.05) is 19.8 Å². The van der Waals surface area contributed by atoms with Crippen LogP contribution in [0.1, 0.15) is 44.7 Å². The minimum Gasteiger partial charge on any atom is -0.381 e. The van der Waals surface area contributed by atoms with Gasteiger partial charge in [0.1, 0.15) is 5.82 Å². The summed E-state index contributed by atoms with van der Waals surface area (Å²) in [6, 6.07) is 6.99. The Kier molecular flexibility index (Phi) is 7.62. The van der Waals surface area contributed by atoms with E-state index < -0.39 is 0 Å². The lowest BCUT2D eigenvalue weighted by Crippen LogP contribution is -2.23. The fraction of sp³-hybridized carbons (Fsp3) is 0.600. The highest BCUT2D eigenvalue weighted by Crippen LogP contribution is 2.17. The van der Waals surface area contributed by atoms with Crippen molar-refractivity contribution >= 4 is 0 Å². The van der Waals surface area contributed by atoms with Crippen LogP contribution in [0, 0.1) is 5.82 Å². The molecule has 0 bridgehead atoms. The molecule has 18 heavy (non-hydrogen) atoms. The maximum absolute atomic E-state index is 12.9. The summed E-state index contributed by atoms with van der Waals surface area (Å²) in [4.78, 5) is 0. The van der Waals surface area contributed by atoms with E-state index >= 15 is 0 Å². The molecule has 0 amide bonds. The van der Waals surface area contributed by atoms with E-state index in [1.165, 1.54) is 12.1 Å². The molecule has 1 unspecified atom stereocenters. The fourth-order valence-electron chi connectivity index (χ4n) is 1.85. The van der Waals surface area contributed by atoms with E-state index in [1.54, 1.807) is 0 Å². The van der Waals surface area contributed by atoms with E-state index in [-0.39, 0.29) is 11.9 Å². The van der Waals surface area contributed by atoms with Crippen LogP contribution in [0.3, 0.4) is 0 Å². The Bertz CT molecular complexity index is 313. The van der Waals surface area contributed by atoms with E-state index in [2.05, 4.69) is 19.2 Å². The van der Waals surface area contributed by atoms with Gasteiger partial charge in [0.2, 0.25) is 0 Å². The first kappa shape index (κ1) is 15.1. The lowest BCUT2D eigenvalue weighted by molar-refractivity contribution is 0.124. The molecule has 0 radical (unpaired) electrons. The summed E-state index contributed by atoms with van der Waals surface area (Å²) < 4.78 is 18.4. The van der Waals surface area contributed by atoms with Gasteiger partial charge in [0.25, 0.3) is 0 Å². The Morgan fingerprint density at radius 2 is 1.83 bits per heavy atom. The molecule has 2 nitrogen and oxygen atoms in total. The minimum absolute atomic E-state index is 0.185. The van der Waals surface area contributed by atoms with Crippen LogP contribution in [0.5, 0.6) is 0 Å². The molecular formula is C15H24FNO. The Morgan fingerprint density at radius 3 is 2.44 bits per heavy atom. The third-order valence-corrected chi connectivity index (χ3v) is 2.81. The molecule has 0 saturated heterocycles. The Hall–Kier alpha value is -0.930.